The second kappa shape index (κ2) is 1.85. The molecular formula is C9H15N. The molecule has 2 rings (SSSR count). The lowest BCUT2D eigenvalue weighted by molar-refractivity contribution is 0.218. The minimum atomic E-state index is 0.511. The monoisotopic (exact) mass is 137 g/mol. The normalized spacial score (nSPS) is 40.7. The molecule has 0 aromatic carbocycles. The van der Waals surface area contributed by atoms with E-state index in [0.717, 1.165) is 6.54 Å². The number of nitrogens with zero attached hydrogens (tertiary/aromatic N) is 1. The summed E-state index contributed by atoms with van der Waals surface area (Å²) in [6, 6.07) is 0. The zero-order chi connectivity index (χ0) is 7.19. The van der Waals surface area contributed by atoms with Crippen molar-refractivity contribution in [1.82, 2.24) is 4.90 Å². The van der Waals surface area contributed by atoms with Crippen molar-refractivity contribution in [2.75, 3.05) is 13.1 Å². The molecule has 2 heterocycles. The summed E-state index contributed by atoms with van der Waals surface area (Å²) in [4.78, 5) is 2.58. The van der Waals surface area contributed by atoms with Gasteiger partial charge in [0.1, 0.15) is 0 Å². The molecule has 2 aliphatic rings. The number of fused-ring (bicyclic) bond motifs is 1. The molecule has 0 radical (unpaired) electrons. The van der Waals surface area contributed by atoms with E-state index in [0.29, 0.717) is 5.54 Å². The molecule has 2 aliphatic heterocycles. The summed E-state index contributed by atoms with van der Waals surface area (Å²) in [7, 11) is 0. The van der Waals surface area contributed by atoms with Crippen molar-refractivity contribution in [3.05, 3.63) is 12.2 Å². The van der Waals surface area contributed by atoms with E-state index in [4.69, 9.17) is 0 Å². The van der Waals surface area contributed by atoms with Gasteiger partial charge in [-0.15, -0.1) is 0 Å². The summed E-state index contributed by atoms with van der Waals surface area (Å²) < 4.78 is 0. The van der Waals surface area contributed by atoms with Crippen LogP contribution in [-0.4, -0.2) is 23.5 Å². The fourth-order valence-corrected chi connectivity index (χ4v) is 2.41. The predicted molar refractivity (Wildman–Crippen MR) is 43.0 cm³/mol. The lowest BCUT2D eigenvalue weighted by atomic mass is 9.96. The first kappa shape index (κ1) is 6.41. The molecule has 2 fully saturated rings. The molecule has 0 aromatic rings. The Kier molecular flexibility index (Phi) is 1.19. The third kappa shape index (κ3) is 0.734. The molecule has 0 aromatic heterocycles. The molecule has 56 valence electrons. The van der Waals surface area contributed by atoms with Crippen LogP contribution in [0, 0.1) is 0 Å². The van der Waals surface area contributed by atoms with Crippen molar-refractivity contribution in [2.45, 2.75) is 31.7 Å². The van der Waals surface area contributed by atoms with Crippen molar-refractivity contribution < 1.29 is 0 Å². The van der Waals surface area contributed by atoms with E-state index >= 15 is 0 Å². The number of hydrogen-bond donors (Lipinski definition) is 0. The van der Waals surface area contributed by atoms with E-state index in [1.807, 2.05) is 0 Å². The molecule has 0 saturated carbocycles. The zero-order valence-electron chi connectivity index (χ0n) is 6.69. The fourth-order valence-electron chi connectivity index (χ4n) is 2.41. The van der Waals surface area contributed by atoms with Gasteiger partial charge in [-0.25, -0.2) is 0 Å². The van der Waals surface area contributed by atoms with Gasteiger partial charge in [0.2, 0.25) is 0 Å². The lowest BCUT2D eigenvalue weighted by Gasteiger charge is -2.25. The first-order chi connectivity index (χ1) is 4.71. The van der Waals surface area contributed by atoms with E-state index in [2.05, 4.69) is 18.4 Å². The quantitative estimate of drug-likeness (QED) is 0.460. The van der Waals surface area contributed by atoms with Gasteiger partial charge in [-0.05, 0) is 32.7 Å². The Labute approximate surface area is 62.7 Å². The molecule has 1 heteroatoms. The van der Waals surface area contributed by atoms with E-state index in [1.165, 1.54) is 31.4 Å². The third-order valence-electron chi connectivity index (χ3n) is 2.95. The first-order valence-electron chi connectivity index (χ1n) is 4.12. The van der Waals surface area contributed by atoms with E-state index in [1.54, 1.807) is 0 Å². The maximum absolute atomic E-state index is 4.04. The molecule has 1 atom stereocenters. The SMILES string of the molecule is C=C1CN2CCC[C@@]2(C)C1. The van der Waals surface area contributed by atoms with Crippen LogP contribution in [0.3, 0.4) is 0 Å². The predicted octanol–water partition coefficient (Wildman–Crippen LogP) is 1.80. The van der Waals surface area contributed by atoms with E-state index in [9.17, 15) is 0 Å². The Balaban J connectivity index is 2.22. The van der Waals surface area contributed by atoms with E-state index in [-0.39, 0.29) is 0 Å². The highest BCUT2D eigenvalue weighted by atomic mass is 15.2. The second-order valence-corrected chi connectivity index (χ2v) is 3.95. The zero-order valence-corrected chi connectivity index (χ0v) is 6.69. The summed E-state index contributed by atoms with van der Waals surface area (Å²) in [6.45, 7) is 8.88. The van der Waals surface area contributed by atoms with Gasteiger partial charge in [-0.2, -0.15) is 0 Å². The van der Waals surface area contributed by atoms with Crippen LogP contribution in [-0.2, 0) is 0 Å². The molecule has 0 amide bonds. The van der Waals surface area contributed by atoms with Crippen LogP contribution in [0.1, 0.15) is 26.2 Å². The van der Waals surface area contributed by atoms with Crippen LogP contribution in [0.4, 0.5) is 0 Å². The van der Waals surface area contributed by atoms with Gasteiger partial charge < -0.3 is 0 Å². The maximum atomic E-state index is 4.04. The maximum Gasteiger partial charge on any atom is 0.0222 e. The Morgan fingerprint density at radius 3 is 3.10 bits per heavy atom. The van der Waals surface area contributed by atoms with Gasteiger partial charge in [0.25, 0.3) is 0 Å². The van der Waals surface area contributed by atoms with Crippen molar-refractivity contribution >= 4 is 0 Å². The summed E-state index contributed by atoms with van der Waals surface area (Å²) in [6.07, 6.45) is 4.02. The Bertz CT molecular complexity index is 174. The van der Waals surface area contributed by atoms with Crippen LogP contribution >= 0.6 is 0 Å². The van der Waals surface area contributed by atoms with E-state index < -0.39 is 0 Å². The number of hydrogen-bond acceptors (Lipinski definition) is 1. The van der Waals surface area contributed by atoms with Gasteiger partial charge in [0.05, 0.1) is 0 Å². The van der Waals surface area contributed by atoms with Crippen LogP contribution in [0.25, 0.3) is 0 Å². The average Bonchev–Trinajstić information content (AvgIpc) is 2.20. The van der Waals surface area contributed by atoms with Gasteiger partial charge in [0.15, 0.2) is 0 Å². The highest BCUT2D eigenvalue weighted by Crippen LogP contribution is 2.39. The van der Waals surface area contributed by atoms with Crippen molar-refractivity contribution in [2.24, 2.45) is 0 Å². The molecule has 2 saturated heterocycles. The van der Waals surface area contributed by atoms with Crippen molar-refractivity contribution in [3.63, 3.8) is 0 Å². The minimum Gasteiger partial charge on any atom is -0.294 e. The molecule has 0 N–H and O–H groups in total. The van der Waals surface area contributed by atoms with Gasteiger partial charge in [0, 0.05) is 12.1 Å². The summed E-state index contributed by atoms with van der Waals surface area (Å²) in [5.74, 6) is 0. The van der Waals surface area contributed by atoms with Crippen LogP contribution in [0.15, 0.2) is 12.2 Å². The van der Waals surface area contributed by atoms with Crippen LogP contribution in [0.2, 0.25) is 0 Å². The summed E-state index contributed by atoms with van der Waals surface area (Å²) >= 11 is 0. The van der Waals surface area contributed by atoms with Crippen molar-refractivity contribution in [3.8, 4) is 0 Å². The van der Waals surface area contributed by atoms with Gasteiger partial charge in [-0.3, -0.25) is 4.90 Å². The Morgan fingerprint density at radius 2 is 2.40 bits per heavy atom. The largest absolute Gasteiger partial charge is 0.294 e. The second-order valence-electron chi connectivity index (χ2n) is 3.95. The van der Waals surface area contributed by atoms with Crippen LogP contribution < -0.4 is 0 Å². The Hall–Kier alpha value is -0.300. The molecule has 0 bridgehead atoms. The smallest absolute Gasteiger partial charge is 0.0222 e. The Morgan fingerprint density at radius 1 is 1.60 bits per heavy atom. The molecule has 10 heavy (non-hydrogen) atoms. The molecule has 0 unspecified atom stereocenters. The third-order valence-corrected chi connectivity index (χ3v) is 2.95. The average molecular weight is 137 g/mol. The summed E-state index contributed by atoms with van der Waals surface area (Å²) in [5, 5.41) is 0. The van der Waals surface area contributed by atoms with Crippen LogP contribution in [0.5, 0.6) is 0 Å². The fraction of sp³-hybridized carbons (Fsp3) is 0.778. The minimum absolute atomic E-state index is 0.511. The molecular weight excluding hydrogens is 122 g/mol. The topological polar surface area (TPSA) is 3.24 Å². The summed E-state index contributed by atoms with van der Waals surface area (Å²) in [5.41, 5.74) is 1.94. The number of rotatable bonds is 0. The highest BCUT2D eigenvalue weighted by Gasteiger charge is 2.41. The van der Waals surface area contributed by atoms with Gasteiger partial charge >= 0.3 is 0 Å². The van der Waals surface area contributed by atoms with Gasteiger partial charge in [-0.1, -0.05) is 12.2 Å². The highest BCUT2D eigenvalue weighted by molar-refractivity contribution is 5.15. The first-order valence-corrected chi connectivity index (χ1v) is 4.12. The van der Waals surface area contributed by atoms with Crippen molar-refractivity contribution in [1.29, 1.82) is 0 Å². The standard InChI is InChI=1S/C9H15N/c1-8-6-9(2)4-3-5-10(9)7-8/h1,3-7H2,2H3/t9-/m0/s1. The molecule has 0 spiro atoms. The molecule has 0 aliphatic carbocycles. The molecule has 1 nitrogen and oxygen atoms in total. The lowest BCUT2D eigenvalue weighted by Crippen LogP contribution is -2.34.